The first-order chi connectivity index (χ1) is 12.2. The lowest BCUT2D eigenvalue weighted by atomic mass is 10.2. The predicted octanol–water partition coefficient (Wildman–Crippen LogP) is 3.53. The number of nitrogens with one attached hydrogen (secondary N) is 1. The maximum atomic E-state index is 8.99. The first kappa shape index (κ1) is 15.8. The molecule has 0 saturated carbocycles. The summed E-state index contributed by atoms with van der Waals surface area (Å²) in [6, 6.07) is 10.7. The number of hydrogen-bond acceptors (Lipinski definition) is 6. The minimum absolute atomic E-state index is 0.300. The monoisotopic (exact) mass is 329 g/mol. The molecule has 0 spiro atoms. The van der Waals surface area contributed by atoms with E-state index in [1.54, 1.807) is 23.6 Å². The maximum absolute atomic E-state index is 8.99. The fourth-order valence-corrected chi connectivity index (χ4v) is 2.35. The van der Waals surface area contributed by atoms with Gasteiger partial charge in [-0.05, 0) is 36.7 Å². The number of aromatic nitrogens is 3. The van der Waals surface area contributed by atoms with Crippen molar-refractivity contribution in [2.45, 2.75) is 13.0 Å². The normalized spacial score (nSPS) is 11.2. The molecule has 0 aliphatic rings. The van der Waals surface area contributed by atoms with Crippen LogP contribution in [0.25, 0.3) is 27.3 Å². The third-order valence-electron chi connectivity index (χ3n) is 3.49. The number of fused-ring (bicyclic) bond motifs is 1. The molecule has 0 aromatic carbocycles. The van der Waals surface area contributed by atoms with E-state index in [0.717, 1.165) is 5.52 Å². The molecule has 0 saturated heterocycles. The number of nitriles is 2. The first-order valence-corrected chi connectivity index (χ1v) is 7.26. The predicted molar refractivity (Wildman–Crippen MR) is 90.6 cm³/mol. The fourth-order valence-electron chi connectivity index (χ4n) is 2.35. The highest BCUT2D eigenvalue weighted by Crippen LogP contribution is 2.30. The molecule has 1 atom stereocenters. The molecule has 3 rings (SSSR count). The highest BCUT2D eigenvalue weighted by molar-refractivity contribution is 5.73. The zero-order valence-electron chi connectivity index (χ0n) is 13.1. The van der Waals surface area contributed by atoms with Gasteiger partial charge in [0, 0.05) is 16.8 Å². The van der Waals surface area contributed by atoms with E-state index in [1.165, 1.54) is 12.4 Å². The Bertz CT molecular complexity index is 1080. The van der Waals surface area contributed by atoms with Gasteiger partial charge in [-0.25, -0.2) is 4.52 Å². The Hall–Kier alpha value is -4.07. The second-order valence-corrected chi connectivity index (χ2v) is 5.18. The van der Waals surface area contributed by atoms with Gasteiger partial charge in [-0.2, -0.15) is 15.6 Å². The number of nitrogens with zero attached hydrogens (tertiary/aromatic N) is 8. The van der Waals surface area contributed by atoms with Crippen LogP contribution >= 0.6 is 0 Å². The van der Waals surface area contributed by atoms with E-state index < -0.39 is 6.04 Å². The fraction of sp³-hybridized carbons (Fsp3) is 0.125. The molecule has 25 heavy (non-hydrogen) atoms. The van der Waals surface area contributed by atoms with E-state index in [9.17, 15) is 0 Å². The molecule has 3 heterocycles. The van der Waals surface area contributed by atoms with Crippen LogP contribution in [0, 0.1) is 22.7 Å². The van der Waals surface area contributed by atoms with Crippen LogP contribution in [0.5, 0.6) is 0 Å². The van der Waals surface area contributed by atoms with Gasteiger partial charge in [-0.3, -0.25) is 4.98 Å². The van der Waals surface area contributed by atoms with Gasteiger partial charge in [0.2, 0.25) is 0 Å². The van der Waals surface area contributed by atoms with Crippen molar-refractivity contribution in [3.05, 3.63) is 52.7 Å². The largest absolute Gasteiger partial charge is 0.370 e. The topological polar surface area (TPSA) is 139 Å². The maximum Gasteiger partial charge on any atom is 0.111 e. The molecular formula is C16H11N9. The van der Waals surface area contributed by atoms with E-state index in [-0.39, 0.29) is 0 Å². The zero-order chi connectivity index (χ0) is 17.8. The Morgan fingerprint density at radius 1 is 1.32 bits per heavy atom. The number of azide groups is 1. The second kappa shape index (κ2) is 6.59. The molecule has 0 unspecified atom stereocenters. The van der Waals surface area contributed by atoms with Crippen molar-refractivity contribution in [3.63, 3.8) is 0 Å². The van der Waals surface area contributed by atoms with Gasteiger partial charge in [0.15, 0.2) is 0 Å². The molecule has 9 nitrogen and oxygen atoms in total. The first-order valence-electron chi connectivity index (χ1n) is 7.26. The van der Waals surface area contributed by atoms with Crippen LogP contribution in [0.15, 0.2) is 41.8 Å². The lowest BCUT2D eigenvalue weighted by molar-refractivity contribution is 0.939. The summed E-state index contributed by atoms with van der Waals surface area (Å²) in [4.78, 5) is 7.09. The Balaban J connectivity index is 2.12. The lowest BCUT2D eigenvalue weighted by Crippen LogP contribution is -2.12. The molecule has 0 amide bonds. The second-order valence-electron chi connectivity index (χ2n) is 5.18. The molecule has 1 N–H and O–H groups in total. The van der Waals surface area contributed by atoms with E-state index >= 15 is 0 Å². The minimum Gasteiger partial charge on any atom is -0.370 e. The molecule has 3 aromatic heterocycles. The molecule has 120 valence electrons. The summed E-state index contributed by atoms with van der Waals surface area (Å²) in [6.07, 6.45) is 2.91. The van der Waals surface area contributed by atoms with E-state index in [4.69, 9.17) is 16.1 Å². The van der Waals surface area contributed by atoms with Crippen LogP contribution in [0.3, 0.4) is 0 Å². The highest BCUT2D eigenvalue weighted by Gasteiger charge is 2.12. The van der Waals surface area contributed by atoms with Crippen molar-refractivity contribution in [2.24, 2.45) is 5.11 Å². The van der Waals surface area contributed by atoms with Crippen molar-refractivity contribution in [3.8, 4) is 23.5 Å². The van der Waals surface area contributed by atoms with Crippen LogP contribution in [0.1, 0.15) is 12.5 Å². The summed E-state index contributed by atoms with van der Waals surface area (Å²) >= 11 is 0. The number of anilines is 1. The molecule has 0 aliphatic heterocycles. The summed E-state index contributed by atoms with van der Waals surface area (Å²) in [7, 11) is 0. The molecule has 3 aromatic rings. The standard InChI is InChI=1S/C16H11N9/c1-10(6-17)22-13-5-14(20-9-15(13)23-24-19)16-3-2-12-4-11(7-18)8-21-25(12)16/h2-5,8-10H,1H3,(H,20,22)/t10-/m1/s1. The quantitative estimate of drug-likeness (QED) is 0.443. The lowest BCUT2D eigenvalue weighted by Gasteiger charge is -2.12. The van der Waals surface area contributed by atoms with Crippen LogP contribution in [0.4, 0.5) is 11.4 Å². The van der Waals surface area contributed by atoms with Crippen molar-refractivity contribution in [1.82, 2.24) is 14.6 Å². The molecule has 9 heteroatoms. The van der Waals surface area contributed by atoms with Gasteiger partial charge in [0.25, 0.3) is 0 Å². The van der Waals surface area contributed by atoms with Gasteiger partial charge >= 0.3 is 0 Å². The van der Waals surface area contributed by atoms with Gasteiger partial charge in [-0.1, -0.05) is 5.11 Å². The third-order valence-corrected chi connectivity index (χ3v) is 3.49. The van der Waals surface area contributed by atoms with E-state index in [1.807, 2.05) is 18.2 Å². The van der Waals surface area contributed by atoms with Gasteiger partial charge < -0.3 is 5.32 Å². The highest BCUT2D eigenvalue weighted by atomic mass is 15.2. The summed E-state index contributed by atoms with van der Waals surface area (Å²) in [5.74, 6) is 0. The smallest absolute Gasteiger partial charge is 0.111 e. The Morgan fingerprint density at radius 3 is 2.88 bits per heavy atom. The average molecular weight is 329 g/mol. The Morgan fingerprint density at radius 2 is 2.16 bits per heavy atom. The number of hydrogen-bond donors (Lipinski definition) is 1. The van der Waals surface area contributed by atoms with Crippen LogP contribution < -0.4 is 5.32 Å². The van der Waals surface area contributed by atoms with E-state index in [2.05, 4.69) is 31.5 Å². The Labute approximate surface area is 142 Å². The summed E-state index contributed by atoms with van der Waals surface area (Å²) in [5, 5.41) is 28.8. The minimum atomic E-state index is -0.469. The summed E-state index contributed by atoms with van der Waals surface area (Å²) in [6.45, 7) is 1.69. The zero-order valence-corrected chi connectivity index (χ0v) is 13.1. The number of rotatable bonds is 4. The summed E-state index contributed by atoms with van der Waals surface area (Å²) in [5.41, 5.74) is 12.0. The van der Waals surface area contributed by atoms with Crippen molar-refractivity contribution in [2.75, 3.05) is 5.32 Å². The van der Waals surface area contributed by atoms with E-state index in [0.29, 0.717) is 28.3 Å². The van der Waals surface area contributed by atoms with Gasteiger partial charge in [-0.15, -0.1) is 0 Å². The third kappa shape index (κ3) is 3.04. The molecule has 0 aliphatic carbocycles. The average Bonchev–Trinajstić information content (AvgIpc) is 3.06. The van der Waals surface area contributed by atoms with Gasteiger partial charge in [0.05, 0.1) is 40.4 Å². The van der Waals surface area contributed by atoms with Crippen LogP contribution in [0.2, 0.25) is 0 Å². The summed E-state index contributed by atoms with van der Waals surface area (Å²) < 4.78 is 1.66. The van der Waals surface area contributed by atoms with Crippen molar-refractivity contribution < 1.29 is 0 Å². The molecule has 0 fully saturated rings. The number of pyridine rings is 1. The SMILES string of the molecule is C[C@H](C#N)Nc1cc(-c2ccc3cc(C#N)cnn23)ncc1N=[N+]=[N-]. The van der Waals surface area contributed by atoms with Crippen LogP contribution in [-0.2, 0) is 0 Å². The molecule has 0 radical (unpaired) electrons. The van der Waals surface area contributed by atoms with Gasteiger partial charge in [0.1, 0.15) is 12.1 Å². The molecule has 0 bridgehead atoms. The van der Waals surface area contributed by atoms with Crippen LogP contribution in [-0.4, -0.2) is 20.6 Å². The Kier molecular flexibility index (Phi) is 4.17. The molecular weight excluding hydrogens is 318 g/mol. The van der Waals surface area contributed by atoms with Crippen molar-refractivity contribution in [1.29, 1.82) is 10.5 Å². The van der Waals surface area contributed by atoms with Crippen molar-refractivity contribution >= 4 is 16.9 Å².